The van der Waals surface area contributed by atoms with Crippen LogP contribution in [0.15, 0.2) is 48.8 Å². The summed E-state index contributed by atoms with van der Waals surface area (Å²) in [4.78, 5) is 34.6. The minimum Gasteiger partial charge on any atom is -0.370 e. The number of carbonyl (C=O) groups is 1. The molecule has 10 nitrogen and oxygen atoms in total. The average molecular weight is 421 g/mol. The van der Waals surface area contributed by atoms with E-state index in [0.29, 0.717) is 30.4 Å². The minimum absolute atomic E-state index is 0.0136. The van der Waals surface area contributed by atoms with Gasteiger partial charge in [-0.2, -0.15) is 0 Å². The number of rotatable bonds is 9. The summed E-state index contributed by atoms with van der Waals surface area (Å²) in [6.07, 6.45) is 4.10. The molecule has 2 aromatic heterocycles. The van der Waals surface area contributed by atoms with Crippen LogP contribution in [0, 0.1) is 17.0 Å². The van der Waals surface area contributed by atoms with E-state index >= 15 is 0 Å². The van der Waals surface area contributed by atoms with Gasteiger partial charge in [-0.15, -0.1) is 0 Å². The molecular formula is C21H23N7O3. The Morgan fingerprint density at radius 3 is 2.71 bits per heavy atom. The third-order valence-electron chi connectivity index (χ3n) is 4.47. The van der Waals surface area contributed by atoms with Gasteiger partial charge in [-0.25, -0.2) is 15.0 Å². The van der Waals surface area contributed by atoms with Gasteiger partial charge in [0.1, 0.15) is 5.82 Å². The molecule has 0 atom stereocenters. The normalized spacial score (nSPS) is 10.4. The summed E-state index contributed by atoms with van der Waals surface area (Å²) in [6, 6.07) is 9.83. The Bertz CT molecular complexity index is 1090. The van der Waals surface area contributed by atoms with Crippen molar-refractivity contribution in [3.63, 3.8) is 0 Å². The summed E-state index contributed by atoms with van der Waals surface area (Å²) in [5.74, 6) is 1.03. The Morgan fingerprint density at radius 1 is 1.13 bits per heavy atom. The Morgan fingerprint density at radius 2 is 1.94 bits per heavy atom. The maximum Gasteiger partial charge on any atom is 0.271 e. The van der Waals surface area contributed by atoms with E-state index in [2.05, 4.69) is 30.9 Å². The maximum atomic E-state index is 11.0. The molecule has 1 aromatic carbocycles. The predicted octanol–water partition coefficient (Wildman–Crippen LogP) is 3.44. The van der Waals surface area contributed by atoms with Crippen LogP contribution in [0.3, 0.4) is 0 Å². The van der Waals surface area contributed by atoms with Crippen molar-refractivity contribution < 1.29 is 9.72 Å². The average Bonchev–Trinajstić information content (AvgIpc) is 2.75. The Hall–Kier alpha value is -4.08. The number of nitrogens with zero attached hydrogens (tertiary/aromatic N) is 4. The largest absolute Gasteiger partial charge is 0.370 e. The molecule has 0 saturated heterocycles. The fraction of sp³-hybridized carbons (Fsp3) is 0.238. The number of non-ortho nitro benzene ring substituents is 1. The number of hydrogen-bond acceptors (Lipinski definition) is 8. The van der Waals surface area contributed by atoms with Crippen LogP contribution in [0.1, 0.15) is 18.9 Å². The van der Waals surface area contributed by atoms with E-state index in [0.717, 1.165) is 23.4 Å². The number of nitro groups is 1. The van der Waals surface area contributed by atoms with Crippen molar-refractivity contribution in [1.29, 1.82) is 0 Å². The molecule has 2 heterocycles. The van der Waals surface area contributed by atoms with Gasteiger partial charge in [-0.3, -0.25) is 14.9 Å². The zero-order chi connectivity index (χ0) is 22.2. The van der Waals surface area contributed by atoms with Crippen LogP contribution in [0.5, 0.6) is 0 Å². The molecule has 160 valence electrons. The van der Waals surface area contributed by atoms with Gasteiger partial charge in [0.25, 0.3) is 5.69 Å². The molecule has 3 rings (SSSR count). The van der Waals surface area contributed by atoms with Crippen molar-refractivity contribution in [3.05, 3.63) is 64.5 Å². The molecule has 3 aromatic rings. The molecule has 0 aliphatic carbocycles. The van der Waals surface area contributed by atoms with Crippen LogP contribution < -0.4 is 16.0 Å². The molecule has 0 aliphatic heterocycles. The molecule has 10 heteroatoms. The molecule has 0 saturated carbocycles. The van der Waals surface area contributed by atoms with Crippen molar-refractivity contribution >= 4 is 29.0 Å². The zero-order valence-corrected chi connectivity index (χ0v) is 17.3. The maximum absolute atomic E-state index is 11.0. The number of amides is 1. The van der Waals surface area contributed by atoms with Crippen LogP contribution in [0.25, 0.3) is 11.3 Å². The van der Waals surface area contributed by atoms with Crippen molar-refractivity contribution in [2.24, 2.45) is 0 Å². The molecule has 1 amide bonds. The Balaban J connectivity index is 1.74. The van der Waals surface area contributed by atoms with Crippen molar-refractivity contribution in [2.75, 3.05) is 23.7 Å². The highest BCUT2D eigenvalue weighted by molar-refractivity contribution is 5.72. The molecule has 0 aliphatic rings. The number of benzene rings is 1. The molecular weight excluding hydrogens is 398 g/mol. The lowest BCUT2D eigenvalue weighted by molar-refractivity contribution is -0.384. The van der Waals surface area contributed by atoms with E-state index in [-0.39, 0.29) is 11.6 Å². The van der Waals surface area contributed by atoms with Crippen LogP contribution in [-0.4, -0.2) is 38.9 Å². The number of nitrogens with one attached hydrogen (secondary N) is 3. The highest BCUT2D eigenvalue weighted by Crippen LogP contribution is 2.27. The van der Waals surface area contributed by atoms with Gasteiger partial charge in [-0.05, 0) is 31.5 Å². The van der Waals surface area contributed by atoms with Crippen LogP contribution >= 0.6 is 0 Å². The van der Waals surface area contributed by atoms with Gasteiger partial charge in [0.05, 0.1) is 10.6 Å². The van der Waals surface area contributed by atoms with Crippen molar-refractivity contribution in [1.82, 2.24) is 20.3 Å². The quantitative estimate of drug-likeness (QED) is 0.272. The summed E-state index contributed by atoms with van der Waals surface area (Å²) < 4.78 is 0. The van der Waals surface area contributed by atoms with Gasteiger partial charge < -0.3 is 16.0 Å². The molecule has 0 unspecified atom stereocenters. The smallest absolute Gasteiger partial charge is 0.271 e. The highest BCUT2D eigenvalue weighted by atomic mass is 16.6. The zero-order valence-electron chi connectivity index (χ0n) is 17.3. The summed E-state index contributed by atoms with van der Waals surface area (Å²) in [5.41, 5.74) is 3.04. The van der Waals surface area contributed by atoms with Crippen molar-refractivity contribution in [2.45, 2.75) is 20.3 Å². The van der Waals surface area contributed by atoms with E-state index in [1.807, 2.05) is 13.0 Å². The second-order valence-electron chi connectivity index (χ2n) is 6.79. The number of hydrogen-bond donors (Lipinski definition) is 3. The number of nitro benzene ring substituents is 1. The lowest BCUT2D eigenvalue weighted by Gasteiger charge is -2.13. The van der Waals surface area contributed by atoms with E-state index in [1.165, 1.54) is 19.1 Å². The monoisotopic (exact) mass is 421 g/mol. The van der Waals surface area contributed by atoms with E-state index < -0.39 is 4.92 Å². The molecule has 0 fully saturated rings. The van der Waals surface area contributed by atoms with Gasteiger partial charge in [0.2, 0.25) is 11.9 Å². The fourth-order valence-electron chi connectivity index (χ4n) is 2.95. The van der Waals surface area contributed by atoms with Gasteiger partial charge in [0, 0.05) is 61.4 Å². The molecule has 0 bridgehead atoms. The van der Waals surface area contributed by atoms with Crippen molar-refractivity contribution in [3.8, 4) is 11.3 Å². The summed E-state index contributed by atoms with van der Waals surface area (Å²) >= 11 is 0. The SMILES string of the molecule is CC(=O)NCCCNc1nccc(-c2ccnc(Nc3cccc([N+](=O)[O-])c3)n2)c1C. The second kappa shape index (κ2) is 10.1. The van der Waals surface area contributed by atoms with Crippen LogP contribution in [-0.2, 0) is 4.79 Å². The first kappa shape index (κ1) is 21.6. The van der Waals surface area contributed by atoms with Crippen LogP contribution in [0.4, 0.5) is 23.1 Å². The minimum atomic E-state index is -0.451. The van der Waals surface area contributed by atoms with Gasteiger partial charge in [0.15, 0.2) is 0 Å². The third kappa shape index (κ3) is 5.95. The highest BCUT2D eigenvalue weighted by Gasteiger charge is 2.11. The lowest BCUT2D eigenvalue weighted by Crippen LogP contribution is -2.22. The standard InChI is InChI=1S/C21H23N7O3/c1-14-18(7-11-24-20(14)23-10-4-9-22-15(2)29)19-8-12-25-21(27-19)26-16-5-3-6-17(13-16)28(30)31/h3,5-8,11-13H,4,9-10H2,1-2H3,(H,22,29)(H,23,24)(H,25,26,27). The van der Waals surface area contributed by atoms with E-state index in [1.54, 1.807) is 30.6 Å². The molecule has 31 heavy (non-hydrogen) atoms. The lowest BCUT2D eigenvalue weighted by atomic mass is 10.1. The molecule has 3 N–H and O–H groups in total. The third-order valence-corrected chi connectivity index (χ3v) is 4.47. The van der Waals surface area contributed by atoms with Gasteiger partial charge in [-0.1, -0.05) is 6.07 Å². The Labute approximate surface area is 179 Å². The summed E-state index contributed by atoms with van der Waals surface area (Å²) in [5, 5.41) is 20.0. The first-order chi connectivity index (χ1) is 14.9. The number of anilines is 3. The van der Waals surface area contributed by atoms with E-state index in [4.69, 9.17) is 0 Å². The topological polar surface area (TPSA) is 135 Å². The number of carbonyl (C=O) groups excluding carboxylic acids is 1. The summed E-state index contributed by atoms with van der Waals surface area (Å²) in [7, 11) is 0. The number of pyridine rings is 1. The Kier molecular flexibility index (Phi) is 7.05. The predicted molar refractivity (Wildman–Crippen MR) is 118 cm³/mol. The summed E-state index contributed by atoms with van der Waals surface area (Å²) in [6.45, 7) is 4.71. The fourth-order valence-corrected chi connectivity index (χ4v) is 2.95. The first-order valence-corrected chi connectivity index (χ1v) is 9.73. The molecule has 0 radical (unpaired) electrons. The number of aromatic nitrogens is 3. The van der Waals surface area contributed by atoms with Gasteiger partial charge >= 0.3 is 0 Å². The van der Waals surface area contributed by atoms with Crippen LogP contribution in [0.2, 0.25) is 0 Å². The van der Waals surface area contributed by atoms with E-state index in [9.17, 15) is 14.9 Å². The first-order valence-electron chi connectivity index (χ1n) is 9.73. The molecule has 0 spiro atoms. The second-order valence-corrected chi connectivity index (χ2v) is 6.79.